The molecule has 0 spiro atoms. The molecule has 2 rings (SSSR count). The Morgan fingerprint density at radius 3 is 2.57 bits per heavy atom. The molecular formula is C14H19N3O3S. The lowest BCUT2D eigenvalue weighted by atomic mass is 10.1. The molecule has 0 saturated heterocycles. The third kappa shape index (κ3) is 2.93. The molecule has 0 aliphatic rings. The van der Waals surface area contributed by atoms with Crippen LogP contribution in [-0.4, -0.2) is 36.8 Å². The first kappa shape index (κ1) is 15.5. The Labute approximate surface area is 124 Å². The number of ether oxygens (including phenoxy) is 1. The van der Waals surface area contributed by atoms with Crippen molar-refractivity contribution in [1.29, 1.82) is 0 Å². The number of aryl methyl sites for hydroxylation is 1. The quantitative estimate of drug-likeness (QED) is 0.918. The standard InChI is InChI=1S/C14H19N3O3S/c1-10(12-7-5-6-8-13(12)20-4)17(3)21(18,19)14-9-15-11(2)16-14/h5-10H,1-4H3,(H,15,16). The topological polar surface area (TPSA) is 75.3 Å². The number of hydrogen-bond acceptors (Lipinski definition) is 4. The summed E-state index contributed by atoms with van der Waals surface area (Å²) in [6.07, 6.45) is 1.33. The second kappa shape index (κ2) is 5.87. The minimum absolute atomic E-state index is 0.0873. The maximum absolute atomic E-state index is 12.6. The Morgan fingerprint density at radius 2 is 2.00 bits per heavy atom. The molecule has 0 amide bonds. The van der Waals surface area contributed by atoms with Gasteiger partial charge in [-0.25, -0.2) is 13.4 Å². The Kier molecular flexibility index (Phi) is 4.34. The Balaban J connectivity index is 2.37. The molecule has 1 heterocycles. The highest BCUT2D eigenvalue weighted by molar-refractivity contribution is 7.89. The van der Waals surface area contributed by atoms with E-state index in [0.717, 1.165) is 5.56 Å². The van der Waals surface area contributed by atoms with Crippen LogP contribution in [0, 0.1) is 6.92 Å². The van der Waals surface area contributed by atoms with Crippen LogP contribution in [0.5, 0.6) is 5.75 Å². The van der Waals surface area contributed by atoms with Crippen molar-refractivity contribution < 1.29 is 13.2 Å². The van der Waals surface area contributed by atoms with Crippen LogP contribution in [0.4, 0.5) is 0 Å². The molecule has 1 aromatic carbocycles. The van der Waals surface area contributed by atoms with Crippen molar-refractivity contribution in [3.8, 4) is 5.75 Å². The van der Waals surface area contributed by atoms with Crippen molar-refractivity contribution in [2.24, 2.45) is 0 Å². The summed E-state index contributed by atoms with van der Waals surface area (Å²) < 4.78 is 31.7. The predicted octanol–water partition coefficient (Wildman–Crippen LogP) is 2.11. The number of benzene rings is 1. The zero-order valence-corrected chi connectivity index (χ0v) is 13.3. The number of sulfonamides is 1. The summed E-state index contributed by atoms with van der Waals surface area (Å²) >= 11 is 0. The van der Waals surface area contributed by atoms with Gasteiger partial charge in [0.25, 0.3) is 10.0 Å². The summed E-state index contributed by atoms with van der Waals surface area (Å²) in [5.74, 6) is 1.22. The van der Waals surface area contributed by atoms with E-state index in [0.29, 0.717) is 11.6 Å². The van der Waals surface area contributed by atoms with E-state index in [1.165, 1.54) is 10.5 Å². The smallest absolute Gasteiger partial charge is 0.260 e. The Bertz CT molecular complexity index is 725. The first-order valence-electron chi connectivity index (χ1n) is 6.50. The normalized spacial score (nSPS) is 13.4. The van der Waals surface area contributed by atoms with E-state index in [9.17, 15) is 8.42 Å². The number of aromatic nitrogens is 2. The monoisotopic (exact) mass is 309 g/mol. The van der Waals surface area contributed by atoms with Gasteiger partial charge in [-0.05, 0) is 19.9 Å². The first-order valence-corrected chi connectivity index (χ1v) is 7.94. The lowest BCUT2D eigenvalue weighted by molar-refractivity contribution is 0.366. The van der Waals surface area contributed by atoms with Crippen LogP contribution in [0.1, 0.15) is 24.4 Å². The lowest BCUT2D eigenvalue weighted by Gasteiger charge is -2.25. The van der Waals surface area contributed by atoms with E-state index in [4.69, 9.17) is 4.74 Å². The molecule has 0 bridgehead atoms. The number of aromatic amines is 1. The molecule has 0 aliphatic heterocycles. The van der Waals surface area contributed by atoms with E-state index < -0.39 is 10.0 Å². The molecule has 7 heteroatoms. The summed E-state index contributed by atoms with van der Waals surface area (Å²) in [5, 5.41) is 0.0873. The fourth-order valence-corrected chi connectivity index (χ4v) is 3.40. The van der Waals surface area contributed by atoms with Crippen molar-refractivity contribution in [1.82, 2.24) is 14.3 Å². The highest BCUT2D eigenvalue weighted by atomic mass is 32.2. The molecular weight excluding hydrogens is 290 g/mol. The minimum Gasteiger partial charge on any atom is -0.496 e. The van der Waals surface area contributed by atoms with Crippen molar-refractivity contribution in [3.63, 3.8) is 0 Å². The molecule has 0 aliphatic carbocycles. The van der Waals surface area contributed by atoms with Gasteiger partial charge in [-0.1, -0.05) is 18.2 Å². The molecule has 21 heavy (non-hydrogen) atoms. The number of H-pyrrole nitrogens is 1. The maximum Gasteiger partial charge on any atom is 0.260 e. The van der Waals surface area contributed by atoms with Crippen LogP contribution in [-0.2, 0) is 10.0 Å². The third-order valence-corrected chi connectivity index (χ3v) is 5.31. The second-order valence-electron chi connectivity index (χ2n) is 4.77. The molecule has 6 nitrogen and oxygen atoms in total. The van der Waals surface area contributed by atoms with Crippen LogP contribution in [0.25, 0.3) is 0 Å². The Morgan fingerprint density at radius 1 is 1.33 bits per heavy atom. The van der Waals surface area contributed by atoms with Crippen LogP contribution < -0.4 is 4.74 Å². The van der Waals surface area contributed by atoms with Crippen molar-refractivity contribution in [3.05, 3.63) is 41.9 Å². The number of nitrogens with one attached hydrogen (secondary N) is 1. The van der Waals surface area contributed by atoms with Gasteiger partial charge in [0.1, 0.15) is 11.6 Å². The number of imidazole rings is 1. The molecule has 0 saturated carbocycles. The van der Waals surface area contributed by atoms with Crippen molar-refractivity contribution >= 4 is 10.0 Å². The summed E-state index contributed by atoms with van der Waals surface area (Å²) in [6, 6.07) is 7.01. The van der Waals surface area contributed by atoms with Crippen LogP contribution >= 0.6 is 0 Å². The van der Waals surface area contributed by atoms with Crippen LogP contribution in [0.2, 0.25) is 0 Å². The predicted molar refractivity (Wildman–Crippen MR) is 79.7 cm³/mol. The molecule has 1 atom stereocenters. The second-order valence-corrected chi connectivity index (χ2v) is 6.74. The van der Waals surface area contributed by atoms with E-state index in [1.54, 1.807) is 21.1 Å². The molecule has 1 N–H and O–H groups in total. The van der Waals surface area contributed by atoms with Gasteiger partial charge in [-0.15, -0.1) is 0 Å². The molecule has 2 aromatic rings. The largest absolute Gasteiger partial charge is 0.496 e. The Hall–Kier alpha value is -1.86. The highest BCUT2D eigenvalue weighted by Gasteiger charge is 2.29. The number of methoxy groups -OCH3 is 1. The first-order chi connectivity index (χ1) is 9.87. The molecule has 1 aromatic heterocycles. The van der Waals surface area contributed by atoms with Crippen molar-refractivity contribution in [2.45, 2.75) is 24.9 Å². The van der Waals surface area contributed by atoms with Gasteiger partial charge < -0.3 is 9.72 Å². The lowest BCUT2D eigenvalue weighted by Crippen LogP contribution is -2.30. The zero-order valence-electron chi connectivity index (χ0n) is 12.5. The molecule has 1 unspecified atom stereocenters. The minimum atomic E-state index is -3.63. The van der Waals surface area contributed by atoms with Gasteiger partial charge in [0.05, 0.1) is 19.3 Å². The summed E-state index contributed by atoms with van der Waals surface area (Å²) in [7, 11) is -0.519. The van der Waals surface area contributed by atoms with E-state index in [1.807, 2.05) is 31.2 Å². The number of hydrogen-bond donors (Lipinski definition) is 1. The van der Waals surface area contributed by atoms with Crippen LogP contribution in [0.15, 0.2) is 35.5 Å². The number of para-hydroxylation sites is 1. The van der Waals surface area contributed by atoms with Gasteiger partial charge in [0.15, 0.2) is 5.03 Å². The summed E-state index contributed by atoms with van der Waals surface area (Å²) in [4.78, 5) is 6.71. The van der Waals surface area contributed by atoms with Gasteiger partial charge in [-0.2, -0.15) is 4.31 Å². The number of nitrogens with zero attached hydrogens (tertiary/aromatic N) is 2. The fraction of sp³-hybridized carbons (Fsp3) is 0.357. The van der Waals surface area contributed by atoms with Crippen molar-refractivity contribution in [2.75, 3.05) is 14.2 Å². The maximum atomic E-state index is 12.6. The summed E-state index contributed by atoms with van der Waals surface area (Å²) in [6.45, 7) is 3.53. The van der Waals surface area contributed by atoms with Gasteiger partial charge >= 0.3 is 0 Å². The highest BCUT2D eigenvalue weighted by Crippen LogP contribution is 2.31. The summed E-state index contributed by atoms with van der Waals surface area (Å²) in [5.41, 5.74) is 0.808. The van der Waals surface area contributed by atoms with E-state index in [-0.39, 0.29) is 11.1 Å². The third-order valence-electron chi connectivity index (χ3n) is 3.47. The zero-order chi connectivity index (χ0) is 15.6. The fourth-order valence-electron chi connectivity index (χ4n) is 2.10. The van der Waals surface area contributed by atoms with Gasteiger partial charge in [0.2, 0.25) is 0 Å². The molecule has 114 valence electrons. The SMILES string of the molecule is COc1ccccc1C(C)N(C)S(=O)(=O)c1cnc(C)[nH]1. The van der Waals surface area contributed by atoms with E-state index in [2.05, 4.69) is 9.97 Å². The van der Waals surface area contributed by atoms with E-state index >= 15 is 0 Å². The van der Waals surface area contributed by atoms with Gasteiger partial charge in [-0.3, -0.25) is 0 Å². The molecule has 0 fully saturated rings. The van der Waals surface area contributed by atoms with Gasteiger partial charge in [0, 0.05) is 12.6 Å². The van der Waals surface area contributed by atoms with Crippen LogP contribution in [0.3, 0.4) is 0 Å². The average Bonchev–Trinajstić information content (AvgIpc) is 2.93. The average molecular weight is 309 g/mol. The number of rotatable bonds is 5. The molecule has 0 radical (unpaired) electrons.